The Morgan fingerprint density at radius 2 is 2.09 bits per heavy atom. The second kappa shape index (κ2) is 7.69. The molecule has 0 radical (unpaired) electrons. The third-order valence-corrected chi connectivity index (χ3v) is 5.03. The van der Waals surface area contributed by atoms with E-state index in [0.717, 1.165) is 22.3 Å². The molecule has 5 nitrogen and oxygen atoms in total. The minimum Gasteiger partial charge on any atom is -0.496 e. The third kappa shape index (κ3) is 3.84. The number of anilines is 1. The van der Waals surface area contributed by atoms with Gasteiger partial charge in [-0.1, -0.05) is 25.2 Å². The van der Waals surface area contributed by atoms with E-state index in [2.05, 4.69) is 45.3 Å². The van der Waals surface area contributed by atoms with Crippen LogP contribution in [-0.4, -0.2) is 23.2 Å². The lowest BCUT2D eigenvalue weighted by Gasteiger charge is -2.06. The molecule has 0 saturated carbocycles. The van der Waals surface area contributed by atoms with Gasteiger partial charge < -0.3 is 4.74 Å². The molecule has 2 aromatic rings. The van der Waals surface area contributed by atoms with Gasteiger partial charge in [-0.15, -0.1) is 10.2 Å². The summed E-state index contributed by atoms with van der Waals surface area (Å²) in [6.07, 6.45) is 2.04. The lowest BCUT2D eigenvalue weighted by atomic mass is 10.1. The van der Waals surface area contributed by atoms with E-state index in [0.29, 0.717) is 22.4 Å². The first-order valence-electron chi connectivity index (χ1n) is 7.07. The molecule has 0 aliphatic carbocycles. The van der Waals surface area contributed by atoms with Crippen LogP contribution in [0.15, 0.2) is 22.7 Å². The van der Waals surface area contributed by atoms with Crippen LogP contribution in [0.3, 0.4) is 0 Å². The summed E-state index contributed by atoms with van der Waals surface area (Å²) in [5.41, 5.74) is 0.534. The van der Waals surface area contributed by atoms with Gasteiger partial charge in [0, 0.05) is 11.5 Å². The molecule has 0 fully saturated rings. The number of rotatable bonds is 6. The van der Waals surface area contributed by atoms with Crippen LogP contribution in [0.1, 0.15) is 48.0 Å². The maximum atomic E-state index is 12.3. The summed E-state index contributed by atoms with van der Waals surface area (Å²) in [5.74, 6) is 0.873. The molecular weight excluding hydrogens is 366 g/mol. The van der Waals surface area contributed by atoms with Gasteiger partial charge in [0.05, 0.1) is 11.6 Å². The highest BCUT2D eigenvalue weighted by Gasteiger charge is 2.15. The van der Waals surface area contributed by atoms with Crippen LogP contribution in [0, 0.1) is 0 Å². The molecule has 0 atom stereocenters. The quantitative estimate of drug-likeness (QED) is 0.799. The Morgan fingerprint density at radius 1 is 1.36 bits per heavy atom. The van der Waals surface area contributed by atoms with Gasteiger partial charge in [-0.05, 0) is 47.0 Å². The van der Waals surface area contributed by atoms with Gasteiger partial charge in [0.2, 0.25) is 5.13 Å². The van der Waals surface area contributed by atoms with Crippen molar-refractivity contribution in [3.05, 3.63) is 33.2 Å². The lowest BCUT2D eigenvalue weighted by Crippen LogP contribution is -2.11. The summed E-state index contributed by atoms with van der Waals surface area (Å²) in [6, 6.07) is 5.17. The first-order valence-corrected chi connectivity index (χ1v) is 8.68. The van der Waals surface area contributed by atoms with Gasteiger partial charge in [-0.25, -0.2) is 0 Å². The highest BCUT2D eigenvalue weighted by atomic mass is 79.9. The zero-order valence-corrected chi connectivity index (χ0v) is 15.1. The standard InChI is InChI=1S/C15H18BrN3O2S/c1-4-9(5-2)14-18-19-15(22-14)17-13(20)10-6-7-12(21-3)11(16)8-10/h6-9H,4-5H2,1-3H3,(H,17,19,20). The van der Waals surface area contributed by atoms with E-state index in [1.54, 1.807) is 25.3 Å². The first kappa shape index (κ1) is 16.9. The zero-order valence-electron chi connectivity index (χ0n) is 12.7. The number of nitrogens with zero attached hydrogens (tertiary/aromatic N) is 2. The van der Waals surface area contributed by atoms with Crippen molar-refractivity contribution >= 4 is 38.3 Å². The fourth-order valence-electron chi connectivity index (χ4n) is 2.06. The topological polar surface area (TPSA) is 64.1 Å². The third-order valence-electron chi connectivity index (χ3n) is 3.41. The summed E-state index contributed by atoms with van der Waals surface area (Å²) in [4.78, 5) is 12.3. The number of methoxy groups -OCH3 is 1. The van der Waals surface area contributed by atoms with Crippen LogP contribution in [0.4, 0.5) is 5.13 Å². The number of hydrogen-bond acceptors (Lipinski definition) is 5. The summed E-state index contributed by atoms with van der Waals surface area (Å²) >= 11 is 4.81. The molecule has 0 bridgehead atoms. The molecule has 0 unspecified atom stereocenters. The van der Waals surface area contributed by atoms with Crippen LogP contribution in [0.25, 0.3) is 0 Å². The predicted molar refractivity (Wildman–Crippen MR) is 91.9 cm³/mol. The van der Waals surface area contributed by atoms with Crippen LogP contribution in [0.5, 0.6) is 5.75 Å². The second-order valence-electron chi connectivity index (χ2n) is 4.76. The van der Waals surface area contributed by atoms with Gasteiger partial charge in [0.1, 0.15) is 10.8 Å². The number of ether oxygens (including phenoxy) is 1. The van der Waals surface area contributed by atoms with E-state index in [-0.39, 0.29) is 5.91 Å². The molecule has 1 amide bonds. The molecule has 0 spiro atoms. The Hall–Kier alpha value is -1.47. The Bertz CT molecular complexity index is 656. The van der Waals surface area contributed by atoms with Crippen LogP contribution in [0.2, 0.25) is 0 Å². The van der Waals surface area contributed by atoms with E-state index < -0.39 is 0 Å². The van der Waals surface area contributed by atoms with E-state index >= 15 is 0 Å². The Kier molecular flexibility index (Phi) is 5.90. The molecule has 1 aromatic heterocycles. The van der Waals surface area contributed by atoms with Crippen molar-refractivity contribution < 1.29 is 9.53 Å². The number of nitrogens with one attached hydrogen (secondary N) is 1. The van der Waals surface area contributed by atoms with Gasteiger partial charge >= 0.3 is 0 Å². The fraction of sp³-hybridized carbons (Fsp3) is 0.400. The molecule has 0 saturated heterocycles. The van der Waals surface area contributed by atoms with Crippen molar-refractivity contribution in [2.75, 3.05) is 12.4 Å². The summed E-state index contributed by atoms with van der Waals surface area (Å²) in [5, 5.41) is 12.5. The molecule has 1 heterocycles. The van der Waals surface area contributed by atoms with Crippen molar-refractivity contribution in [1.29, 1.82) is 0 Å². The van der Waals surface area contributed by atoms with Crippen molar-refractivity contribution in [3.8, 4) is 5.75 Å². The molecule has 0 aliphatic rings. The first-order chi connectivity index (χ1) is 10.6. The number of amides is 1. The fourth-order valence-corrected chi connectivity index (χ4v) is 3.61. The Balaban J connectivity index is 2.10. The largest absolute Gasteiger partial charge is 0.496 e. The zero-order chi connectivity index (χ0) is 16.1. The van der Waals surface area contributed by atoms with E-state index in [1.807, 2.05) is 0 Å². The Labute approximate surface area is 142 Å². The number of benzene rings is 1. The van der Waals surface area contributed by atoms with Crippen molar-refractivity contribution in [3.63, 3.8) is 0 Å². The number of halogens is 1. The highest BCUT2D eigenvalue weighted by Crippen LogP contribution is 2.29. The van der Waals surface area contributed by atoms with Crippen LogP contribution in [-0.2, 0) is 0 Å². The van der Waals surface area contributed by atoms with E-state index in [4.69, 9.17) is 4.74 Å². The molecule has 22 heavy (non-hydrogen) atoms. The molecule has 1 N–H and O–H groups in total. The predicted octanol–water partition coefficient (Wildman–Crippen LogP) is 4.47. The molecule has 0 aliphatic heterocycles. The lowest BCUT2D eigenvalue weighted by molar-refractivity contribution is 0.102. The molecule has 1 aromatic carbocycles. The monoisotopic (exact) mass is 383 g/mol. The number of carbonyl (C=O) groups excluding carboxylic acids is 1. The molecule has 7 heteroatoms. The van der Waals surface area contributed by atoms with Crippen molar-refractivity contribution in [2.45, 2.75) is 32.6 Å². The summed E-state index contributed by atoms with van der Waals surface area (Å²) < 4.78 is 5.89. The van der Waals surface area contributed by atoms with Gasteiger partial charge in [0.25, 0.3) is 5.91 Å². The van der Waals surface area contributed by atoms with Crippen molar-refractivity contribution in [2.24, 2.45) is 0 Å². The number of hydrogen-bond donors (Lipinski definition) is 1. The molecular formula is C15H18BrN3O2S. The van der Waals surface area contributed by atoms with E-state index in [9.17, 15) is 4.79 Å². The summed E-state index contributed by atoms with van der Waals surface area (Å²) in [7, 11) is 1.58. The smallest absolute Gasteiger partial charge is 0.257 e. The van der Waals surface area contributed by atoms with Gasteiger partial charge in [-0.3, -0.25) is 10.1 Å². The normalized spacial score (nSPS) is 10.8. The van der Waals surface area contributed by atoms with Crippen LogP contribution >= 0.6 is 27.3 Å². The highest BCUT2D eigenvalue weighted by molar-refractivity contribution is 9.10. The molecule has 118 valence electrons. The van der Waals surface area contributed by atoms with Crippen LogP contribution < -0.4 is 10.1 Å². The van der Waals surface area contributed by atoms with Crippen molar-refractivity contribution in [1.82, 2.24) is 10.2 Å². The summed E-state index contributed by atoms with van der Waals surface area (Å²) in [6.45, 7) is 4.26. The minimum atomic E-state index is -0.212. The average Bonchev–Trinajstić information content (AvgIpc) is 2.96. The SMILES string of the molecule is CCC(CC)c1nnc(NC(=O)c2ccc(OC)c(Br)c2)s1. The second-order valence-corrected chi connectivity index (χ2v) is 6.63. The molecule has 2 rings (SSSR count). The van der Waals surface area contributed by atoms with Gasteiger partial charge in [0.15, 0.2) is 0 Å². The maximum absolute atomic E-state index is 12.3. The number of carbonyl (C=O) groups is 1. The Morgan fingerprint density at radius 3 is 2.68 bits per heavy atom. The minimum absolute atomic E-state index is 0.212. The maximum Gasteiger partial charge on any atom is 0.257 e. The number of aromatic nitrogens is 2. The van der Waals surface area contributed by atoms with Gasteiger partial charge in [-0.2, -0.15) is 0 Å². The van der Waals surface area contributed by atoms with E-state index in [1.165, 1.54) is 11.3 Å². The average molecular weight is 384 g/mol.